The van der Waals surface area contributed by atoms with Crippen LogP contribution >= 0.6 is 0 Å². The summed E-state index contributed by atoms with van der Waals surface area (Å²) >= 11 is 0. The van der Waals surface area contributed by atoms with Crippen molar-refractivity contribution >= 4 is 6.03 Å². The monoisotopic (exact) mass is 508 g/mol. The summed E-state index contributed by atoms with van der Waals surface area (Å²) in [5.74, 6) is 2.81. The molecule has 0 aliphatic carbocycles. The molecule has 0 spiro atoms. The van der Waals surface area contributed by atoms with Gasteiger partial charge >= 0.3 is 6.03 Å². The van der Waals surface area contributed by atoms with E-state index in [-0.39, 0.29) is 12.6 Å². The Kier molecular flexibility index (Phi) is 9.09. The van der Waals surface area contributed by atoms with E-state index in [0.717, 1.165) is 38.2 Å². The number of hydrogen-bond acceptors (Lipinski definition) is 7. The van der Waals surface area contributed by atoms with Gasteiger partial charge < -0.3 is 29.5 Å². The van der Waals surface area contributed by atoms with E-state index < -0.39 is 6.10 Å². The zero-order valence-corrected chi connectivity index (χ0v) is 21.6. The molecule has 37 heavy (non-hydrogen) atoms. The lowest BCUT2D eigenvalue weighted by molar-refractivity contribution is 0.00922. The average molecular weight is 509 g/mol. The Morgan fingerprint density at radius 3 is 2.43 bits per heavy atom. The van der Waals surface area contributed by atoms with Crippen LogP contribution in [0.15, 0.2) is 42.5 Å². The van der Waals surface area contributed by atoms with E-state index in [1.807, 2.05) is 23.1 Å². The smallest absolute Gasteiger partial charge is 0.317 e. The third-order valence-corrected chi connectivity index (χ3v) is 6.98. The largest absolute Gasteiger partial charge is 0.493 e. The second kappa shape index (κ2) is 12.7. The van der Waals surface area contributed by atoms with Crippen molar-refractivity contribution in [1.29, 1.82) is 5.26 Å². The third kappa shape index (κ3) is 7.28. The van der Waals surface area contributed by atoms with Gasteiger partial charge in [-0.05, 0) is 66.6 Å². The van der Waals surface area contributed by atoms with Gasteiger partial charge in [-0.1, -0.05) is 6.07 Å². The SMILES string of the molecule is COc1ccc(CCNC(=O)N2CC3CC(CN(CC(O)COc4ccc(C#N)cc4)C3)C2)cc1OC. The molecule has 0 radical (unpaired) electrons. The second-order valence-corrected chi connectivity index (χ2v) is 9.86. The van der Waals surface area contributed by atoms with Gasteiger partial charge in [0.1, 0.15) is 18.5 Å². The molecule has 0 saturated carbocycles. The van der Waals surface area contributed by atoms with Gasteiger partial charge in [0, 0.05) is 39.3 Å². The van der Waals surface area contributed by atoms with Gasteiger partial charge in [0.25, 0.3) is 0 Å². The molecule has 2 saturated heterocycles. The summed E-state index contributed by atoms with van der Waals surface area (Å²) in [6.45, 7) is 4.48. The lowest BCUT2D eigenvalue weighted by atomic mass is 9.84. The second-order valence-electron chi connectivity index (χ2n) is 9.86. The summed E-state index contributed by atoms with van der Waals surface area (Å²) < 4.78 is 16.3. The Balaban J connectivity index is 1.18. The number of aliphatic hydroxyl groups is 1. The standard InChI is InChI=1S/C28H36N4O5/c1-35-26-8-5-20(12-27(26)36-2)9-10-30-28(34)32-16-22-11-23(17-32)15-31(14-22)18-24(33)19-37-25-6-3-21(13-29)4-7-25/h3-8,12,22-24,33H,9-11,14-19H2,1-2H3,(H,30,34). The van der Waals surface area contributed by atoms with Crippen LogP contribution in [0.4, 0.5) is 4.79 Å². The van der Waals surface area contributed by atoms with E-state index in [0.29, 0.717) is 54.2 Å². The number of amides is 2. The first-order chi connectivity index (χ1) is 18.0. The number of methoxy groups -OCH3 is 2. The van der Waals surface area contributed by atoms with Crippen molar-refractivity contribution in [2.45, 2.75) is 18.9 Å². The summed E-state index contributed by atoms with van der Waals surface area (Å²) in [6.07, 6.45) is 1.22. The van der Waals surface area contributed by atoms with Gasteiger partial charge in [0.05, 0.1) is 25.9 Å². The number of likely N-dealkylation sites (tertiary alicyclic amines) is 2. The summed E-state index contributed by atoms with van der Waals surface area (Å²) in [4.78, 5) is 17.1. The van der Waals surface area contributed by atoms with Gasteiger partial charge in [-0.2, -0.15) is 5.26 Å². The van der Waals surface area contributed by atoms with Crippen LogP contribution in [0.3, 0.4) is 0 Å². The van der Waals surface area contributed by atoms with Crippen LogP contribution < -0.4 is 19.5 Å². The molecular weight excluding hydrogens is 472 g/mol. The zero-order chi connectivity index (χ0) is 26.2. The molecule has 2 aliphatic rings. The Bertz CT molecular complexity index is 1070. The van der Waals surface area contributed by atoms with Gasteiger partial charge in [0.15, 0.2) is 11.5 Å². The van der Waals surface area contributed by atoms with Crippen LogP contribution in [0.5, 0.6) is 17.2 Å². The van der Waals surface area contributed by atoms with Crippen LogP contribution in [-0.2, 0) is 6.42 Å². The molecule has 2 heterocycles. The maximum Gasteiger partial charge on any atom is 0.317 e. The van der Waals surface area contributed by atoms with Crippen molar-refractivity contribution in [1.82, 2.24) is 15.1 Å². The molecule has 4 rings (SSSR count). The van der Waals surface area contributed by atoms with Crippen LogP contribution in [0.25, 0.3) is 0 Å². The van der Waals surface area contributed by atoms with Gasteiger partial charge in [-0.15, -0.1) is 0 Å². The Hall–Kier alpha value is -3.48. The molecular formula is C28H36N4O5. The number of urea groups is 1. The highest BCUT2D eigenvalue weighted by Crippen LogP contribution is 2.29. The number of carbonyl (C=O) groups excluding carboxylic acids is 1. The fourth-order valence-corrected chi connectivity index (χ4v) is 5.33. The van der Waals surface area contributed by atoms with Gasteiger partial charge in [-0.25, -0.2) is 4.79 Å². The summed E-state index contributed by atoms with van der Waals surface area (Å²) in [6, 6.07) is 14.7. The predicted octanol–water partition coefficient (Wildman–Crippen LogP) is 2.52. The number of ether oxygens (including phenoxy) is 3. The Morgan fingerprint density at radius 1 is 1.08 bits per heavy atom. The number of carbonyl (C=O) groups is 1. The number of β-amino-alcohol motifs (C(OH)–C–C–N with tert-alkyl or cyclic N) is 1. The maximum absolute atomic E-state index is 12.8. The van der Waals surface area contributed by atoms with Crippen molar-refractivity contribution in [2.75, 3.05) is 60.1 Å². The van der Waals surface area contributed by atoms with E-state index in [1.54, 1.807) is 38.5 Å². The van der Waals surface area contributed by atoms with E-state index in [2.05, 4.69) is 16.3 Å². The maximum atomic E-state index is 12.8. The van der Waals surface area contributed by atoms with Crippen LogP contribution in [0.2, 0.25) is 0 Å². The molecule has 2 fully saturated rings. The summed E-state index contributed by atoms with van der Waals surface area (Å²) in [5, 5.41) is 22.5. The molecule has 2 aliphatic heterocycles. The van der Waals surface area contributed by atoms with E-state index >= 15 is 0 Å². The Morgan fingerprint density at radius 2 is 1.78 bits per heavy atom. The highest BCUT2D eigenvalue weighted by atomic mass is 16.5. The number of nitrogens with one attached hydrogen (secondary N) is 1. The molecule has 9 heteroatoms. The molecule has 2 aromatic carbocycles. The highest BCUT2D eigenvalue weighted by molar-refractivity contribution is 5.74. The molecule has 3 unspecified atom stereocenters. The number of hydrogen-bond donors (Lipinski definition) is 2. The first-order valence-corrected chi connectivity index (χ1v) is 12.7. The molecule has 9 nitrogen and oxygen atoms in total. The number of nitriles is 1. The van der Waals surface area contributed by atoms with Crippen molar-refractivity contribution in [3.63, 3.8) is 0 Å². The molecule has 2 bridgehead atoms. The van der Waals surface area contributed by atoms with Crippen molar-refractivity contribution < 1.29 is 24.1 Å². The molecule has 2 N–H and O–H groups in total. The van der Waals surface area contributed by atoms with Crippen molar-refractivity contribution in [3.8, 4) is 23.3 Å². The number of piperidine rings is 2. The lowest BCUT2D eigenvalue weighted by Gasteiger charge is -2.46. The van der Waals surface area contributed by atoms with Gasteiger partial charge in [0.2, 0.25) is 0 Å². The number of aliphatic hydroxyl groups excluding tert-OH is 1. The number of benzene rings is 2. The quantitative estimate of drug-likeness (QED) is 0.508. The average Bonchev–Trinajstić information content (AvgIpc) is 2.91. The normalized spacial score (nSPS) is 20.0. The fraction of sp³-hybridized carbons (Fsp3) is 0.500. The number of rotatable bonds is 10. The number of nitrogens with zero attached hydrogens (tertiary/aromatic N) is 3. The minimum Gasteiger partial charge on any atom is -0.493 e. The van der Waals surface area contributed by atoms with Crippen LogP contribution in [0.1, 0.15) is 17.5 Å². The molecule has 0 aromatic heterocycles. The molecule has 198 valence electrons. The topological polar surface area (TPSA) is 107 Å². The number of fused-ring (bicyclic) bond motifs is 2. The van der Waals surface area contributed by atoms with E-state index in [4.69, 9.17) is 19.5 Å². The summed E-state index contributed by atoms with van der Waals surface area (Å²) in [7, 11) is 3.23. The van der Waals surface area contributed by atoms with Crippen LogP contribution in [0, 0.1) is 23.2 Å². The summed E-state index contributed by atoms with van der Waals surface area (Å²) in [5.41, 5.74) is 1.65. The van der Waals surface area contributed by atoms with Crippen LogP contribution in [-0.4, -0.2) is 87.1 Å². The molecule has 2 aromatic rings. The van der Waals surface area contributed by atoms with Crippen molar-refractivity contribution in [2.24, 2.45) is 11.8 Å². The fourth-order valence-electron chi connectivity index (χ4n) is 5.33. The van der Waals surface area contributed by atoms with Gasteiger partial charge in [-0.3, -0.25) is 4.90 Å². The van der Waals surface area contributed by atoms with Crippen molar-refractivity contribution in [3.05, 3.63) is 53.6 Å². The minimum absolute atomic E-state index is 0.0144. The predicted molar refractivity (Wildman–Crippen MR) is 139 cm³/mol. The third-order valence-electron chi connectivity index (χ3n) is 6.98. The highest BCUT2D eigenvalue weighted by Gasteiger charge is 2.36. The first kappa shape index (κ1) is 26.6. The minimum atomic E-state index is -0.606. The molecule has 3 atom stereocenters. The lowest BCUT2D eigenvalue weighted by Crippen LogP contribution is -2.57. The first-order valence-electron chi connectivity index (χ1n) is 12.7. The van der Waals surface area contributed by atoms with E-state index in [9.17, 15) is 9.90 Å². The zero-order valence-electron chi connectivity index (χ0n) is 21.6. The van der Waals surface area contributed by atoms with E-state index in [1.165, 1.54) is 0 Å². The molecule has 2 amide bonds. The Labute approximate surface area is 218 Å².